The van der Waals surface area contributed by atoms with Crippen molar-refractivity contribution in [2.75, 3.05) is 13.1 Å². The van der Waals surface area contributed by atoms with Gasteiger partial charge in [0.2, 0.25) is 0 Å². The highest BCUT2D eigenvalue weighted by molar-refractivity contribution is 5.68. The summed E-state index contributed by atoms with van der Waals surface area (Å²) < 4.78 is 5.50. The minimum absolute atomic E-state index is 0.0620. The summed E-state index contributed by atoms with van der Waals surface area (Å²) in [6, 6.07) is 0. The second-order valence-corrected chi connectivity index (χ2v) is 9.01. The first-order valence-electron chi connectivity index (χ1n) is 8.79. The van der Waals surface area contributed by atoms with Gasteiger partial charge in [-0.25, -0.2) is 4.79 Å². The molecule has 2 rings (SSSR count). The molecule has 0 spiro atoms. The number of nitrogens with zero attached hydrogens (tertiary/aromatic N) is 1. The van der Waals surface area contributed by atoms with E-state index >= 15 is 0 Å². The van der Waals surface area contributed by atoms with Crippen LogP contribution >= 0.6 is 0 Å². The highest BCUT2D eigenvalue weighted by atomic mass is 16.6. The van der Waals surface area contributed by atoms with Gasteiger partial charge in [-0.2, -0.15) is 0 Å². The average Bonchev–Trinajstić information content (AvgIpc) is 3.15. The smallest absolute Gasteiger partial charge is 0.410 e. The molecule has 1 aliphatic carbocycles. The zero-order valence-electron chi connectivity index (χ0n) is 15.1. The summed E-state index contributed by atoms with van der Waals surface area (Å²) in [5.41, 5.74) is 6.26. The number of carbonyl (C=O) groups is 1. The summed E-state index contributed by atoms with van der Waals surface area (Å²) in [5, 5.41) is 0. The van der Waals surface area contributed by atoms with Crippen LogP contribution in [-0.2, 0) is 4.74 Å². The third-order valence-corrected chi connectivity index (χ3v) is 5.48. The second kappa shape index (κ2) is 6.03. The third-order valence-electron chi connectivity index (χ3n) is 5.48. The van der Waals surface area contributed by atoms with Crippen molar-refractivity contribution in [3.63, 3.8) is 0 Å². The van der Waals surface area contributed by atoms with Crippen LogP contribution in [0.15, 0.2) is 0 Å². The molecule has 0 aromatic heterocycles. The summed E-state index contributed by atoms with van der Waals surface area (Å²) in [4.78, 5) is 14.1. The van der Waals surface area contributed by atoms with Gasteiger partial charge in [0, 0.05) is 18.6 Å². The molecule has 128 valence electrons. The standard InChI is InChI=1S/C18H34N2O2/c1-16(2,3)22-15(21)20-12-6-7-14(13-20)8-9-17(4,5)18(19)10-11-18/h14H,6-13,19H2,1-5H3. The number of ether oxygens (including phenoxy) is 1. The van der Waals surface area contributed by atoms with Crippen LogP contribution in [0.2, 0.25) is 0 Å². The van der Waals surface area contributed by atoms with Gasteiger partial charge in [0.25, 0.3) is 0 Å². The second-order valence-electron chi connectivity index (χ2n) is 9.01. The van der Waals surface area contributed by atoms with E-state index in [4.69, 9.17) is 10.5 Å². The molecule has 0 radical (unpaired) electrons. The van der Waals surface area contributed by atoms with Gasteiger partial charge in [-0.3, -0.25) is 0 Å². The van der Waals surface area contributed by atoms with Gasteiger partial charge in [0.1, 0.15) is 5.60 Å². The van der Waals surface area contributed by atoms with Crippen molar-refractivity contribution in [2.24, 2.45) is 17.1 Å². The maximum atomic E-state index is 12.2. The molecular weight excluding hydrogens is 276 g/mol. The van der Waals surface area contributed by atoms with E-state index in [1.54, 1.807) is 0 Å². The minimum atomic E-state index is -0.413. The largest absolute Gasteiger partial charge is 0.444 e. The number of carbonyl (C=O) groups excluding carboxylic acids is 1. The Bertz CT molecular complexity index is 408. The molecule has 0 aromatic carbocycles. The van der Waals surface area contributed by atoms with Crippen molar-refractivity contribution in [1.82, 2.24) is 4.90 Å². The fourth-order valence-corrected chi connectivity index (χ4v) is 3.42. The van der Waals surface area contributed by atoms with Crippen LogP contribution in [0.25, 0.3) is 0 Å². The van der Waals surface area contributed by atoms with E-state index in [1.165, 1.54) is 6.42 Å². The molecule has 0 aromatic rings. The monoisotopic (exact) mass is 310 g/mol. The maximum Gasteiger partial charge on any atom is 0.410 e. The zero-order chi connectivity index (χ0) is 16.6. The van der Waals surface area contributed by atoms with Crippen molar-refractivity contribution in [2.45, 2.75) is 84.3 Å². The van der Waals surface area contributed by atoms with Gasteiger partial charge < -0.3 is 15.4 Å². The molecule has 1 aliphatic heterocycles. The Morgan fingerprint density at radius 2 is 1.91 bits per heavy atom. The summed E-state index contributed by atoms with van der Waals surface area (Å²) >= 11 is 0. The molecule has 1 heterocycles. The molecule has 4 nitrogen and oxygen atoms in total. The molecule has 2 aliphatic rings. The van der Waals surface area contributed by atoms with E-state index in [0.29, 0.717) is 5.92 Å². The summed E-state index contributed by atoms with van der Waals surface area (Å²) in [6.07, 6.45) is 6.77. The van der Waals surface area contributed by atoms with Crippen LogP contribution in [0.4, 0.5) is 4.79 Å². The number of hydrogen-bond donors (Lipinski definition) is 1. The molecule has 1 amide bonds. The fraction of sp³-hybridized carbons (Fsp3) is 0.944. The highest BCUT2D eigenvalue weighted by Crippen LogP contribution is 2.50. The first-order valence-corrected chi connectivity index (χ1v) is 8.79. The number of hydrogen-bond acceptors (Lipinski definition) is 3. The molecule has 0 bridgehead atoms. The average molecular weight is 310 g/mol. The van der Waals surface area contributed by atoms with Crippen LogP contribution in [0.3, 0.4) is 0 Å². The summed E-state index contributed by atoms with van der Waals surface area (Å²) in [7, 11) is 0. The molecule has 4 heteroatoms. The van der Waals surface area contributed by atoms with Gasteiger partial charge in [0.05, 0.1) is 0 Å². The Morgan fingerprint density at radius 3 is 2.45 bits per heavy atom. The van der Waals surface area contributed by atoms with Gasteiger partial charge in [0.15, 0.2) is 0 Å². The lowest BCUT2D eigenvalue weighted by molar-refractivity contribution is 0.0153. The first kappa shape index (κ1) is 17.6. The minimum Gasteiger partial charge on any atom is -0.444 e. The fourth-order valence-electron chi connectivity index (χ4n) is 3.42. The molecular formula is C18H34N2O2. The molecule has 22 heavy (non-hydrogen) atoms. The highest BCUT2D eigenvalue weighted by Gasteiger charge is 2.50. The quantitative estimate of drug-likeness (QED) is 0.856. The molecule has 1 saturated carbocycles. The Labute approximate surface area is 135 Å². The Hall–Kier alpha value is -0.770. The summed E-state index contributed by atoms with van der Waals surface area (Å²) in [5.74, 6) is 0.586. The Balaban J connectivity index is 1.82. The Kier molecular flexibility index (Phi) is 4.82. The van der Waals surface area contributed by atoms with E-state index in [-0.39, 0.29) is 17.0 Å². The van der Waals surface area contributed by atoms with Gasteiger partial charge >= 0.3 is 6.09 Å². The van der Waals surface area contributed by atoms with Crippen molar-refractivity contribution in [3.8, 4) is 0 Å². The van der Waals surface area contributed by atoms with E-state index in [0.717, 1.165) is 45.2 Å². The van der Waals surface area contributed by atoms with Crippen molar-refractivity contribution >= 4 is 6.09 Å². The van der Waals surface area contributed by atoms with Gasteiger partial charge in [-0.05, 0) is 70.6 Å². The predicted octanol–water partition coefficient (Wildman–Crippen LogP) is 3.93. The van der Waals surface area contributed by atoms with E-state index in [9.17, 15) is 4.79 Å². The Morgan fingerprint density at radius 1 is 1.27 bits per heavy atom. The van der Waals surface area contributed by atoms with E-state index in [1.807, 2.05) is 25.7 Å². The maximum absolute atomic E-state index is 12.2. The number of amides is 1. The number of likely N-dealkylation sites (tertiary alicyclic amines) is 1. The topological polar surface area (TPSA) is 55.6 Å². The lowest BCUT2D eigenvalue weighted by Gasteiger charge is -2.37. The van der Waals surface area contributed by atoms with Crippen molar-refractivity contribution in [3.05, 3.63) is 0 Å². The summed E-state index contributed by atoms with van der Waals surface area (Å²) in [6.45, 7) is 12.0. The zero-order valence-corrected chi connectivity index (χ0v) is 15.1. The van der Waals surface area contributed by atoms with Crippen molar-refractivity contribution in [1.29, 1.82) is 0 Å². The van der Waals surface area contributed by atoms with Crippen LogP contribution in [-0.4, -0.2) is 35.2 Å². The lowest BCUT2D eigenvalue weighted by atomic mass is 9.76. The molecule has 1 unspecified atom stereocenters. The van der Waals surface area contributed by atoms with Gasteiger partial charge in [-0.15, -0.1) is 0 Å². The molecule has 1 saturated heterocycles. The molecule has 2 N–H and O–H groups in total. The SMILES string of the molecule is CC(C)(C)OC(=O)N1CCCC(CCC(C)(C)C2(N)CC2)C1. The number of rotatable bonds is 4. The van der Waals surface area contributed by atoms with Crippen LogP contribution in [0, 0.1) is 11.3 Å². The molecule has 1 atom stereocenters. The third kappa shape index (κ3) is 4.37. The predicted molar refractivity (Wildman–Crippen MR) is 89.7 cm³/mol. The van der Waals surface area contributed by atoms with Gasteiger partial charge in [-0.1, -0.05) is 13.8 Å². The number of nitrogens with two attached hydrogens (primary N) is 1. The molecule has 2 fully saturated rings. The number of piperidine rings is 1. The first-order chi connectivity index (χ1) is 10.0. The van der Waals surface area contributed by atoms with Crippen LogP contribution in [0.5, 0.6) is 0 Å². The van der Waals surface area contributed by atoms with E-state index < -0.39 is 5.60 Å². The van der Waals surface area contributed by atoms with Crippen LogP contribution in [0.1, 0.15) is 73.1 Å². The van der Waals surface area contributed by atoms with Crippen molar-refractivity contribution < 1.29 is 9.53 Å². The van der Waals surface area contributed by atoms with Crippen LogP contribution < -0.4 is 5.73 Å². The normalized spacial score (nSPS) is 25.0. The van der Waals surface area contributed by atoms with E-state index in [2.05, 4.69) is 13.8 Å². The lowest BCUT2D eigenvalue weighted by Crippen LogP contribution is -2.44.